The summed E-state index contributed by atoms with van der Waals surface area (Å²) >= 11 is 0. The normalized spacial score (nSPS) is 13.1. The molecular weight excluding hydrogens is 628 g/mol. The van der Waals surface area contributed by atoms with Crippen molar-refractivity contribution in [3.63, 3.8) is 0 Å². The van der Waals surface area contributed by atoms with Gasteiger partial charge in [0, 0.05) is 0 Å². The van der Waals surface area contributed by atoms with Crippen LogP contribution in [0.2, 0.25) is 0 Å². The molecule has 2 heterocycles. The molecule has 2 aliphatic heterocycles. The molecule has 8 rings (SSSR count). The summed E-state index contributed by atoms with van der Waals surface area (Å²) in [5.41, 5.74) is 3.88. The molecule has 4 amide bonds. The quantitative estimate of drug-likeness (QED) is 0.159. The Kier molecular flexibility index (Phi) is 8.50. The minimum Gasteiger partial charge on any atom is -0.457 e. The van der Waals surface area contributed by atoms with E-state index in [2.05, 4.69) is 0 Å². The molecule has 0 aliphatic carbocycles. The van der Waals surface area contributed by atoms with Gasteiger partial charge < -0.3 is 9.47 Å². The van der Waals surface area contributed by atoms with Gasteiger partial charge in [-0.3, -0.25) is 19.2 Å². The zero-order valence-corrected chi connectivity index (χ0v) is 27.2. The molecular formula is C42H30N2O6. The first-order chi connectivity index (χ1) is 24.5. The molecule has 0 saturated heterocycles. The van der Waals surface area contributed by atoms with Gasteiger partial charge in [0.1, 0.15) is 23.0 Å². The Morgan fingerprint density at radius 2 is 0.740 bits per heavy atom. The standard InChI is InChI=1S/C40H24N2O6.C2H6/c43-37-31-13-7-15-33(35(31)39(45)41(37)27-9-3-1-4-10-27)47-29-21-17-25(18-22-29)26-19-23-30(24-20-26)48-34-16-8-14-32-36(34)40(46)42(38(32)44)28-11-5-2-6-12-28;1-2/h1-24H;1-2H3. The van der Waals surface area contributed by atoms with Crippen LogP contribution >= 0.6 is 0 Å². The van der Waals surface area contributed by atoms with Crippen molar-refractivity contribution in [1.29, 1.82) is 0 Å². The molecule has 50 heavy (non-hydrogen) atoms. The Morgan fingerprint density at radius 3 is 1.10 bits per heavy atom. The topological polar surface area (TPSA) is 93.2 Å². The van der Waals surface area contributed by atoms with Crippen LogP contribution in [0.15, 0.2) is 146 Å². The number of ether oxygens (including phenoxy) is 2. The Morgan fingerprint density at radius 1 is 0.380 bits per heavy atom. The number of rotatable bonds is 7. The maximum atomic E-state index is 13.3. The lowest BCUT2D eigenvalue weighted by atomic mass is 10.1. The first-order valence-electron chi connectivity index (χ1n) is 16.2. The van der Waals surface area contributed by atoms with E-state index < -0.39 is 11.8 Å². The molecule has 0 unspecified atom stereocenters. The van der Waals surface area contributed by atoms with Crippen molar-refractivity contribution in [3.05, 3.63) is 168 Å². The van der Waals surface area contributed by atoms with E-state index in [0.29, 0.717) is 45.5 Å². The van der Waals surface area contributed by atoms with Crippen molar-refractivity contribution in [1.82, 2.24) is 0 Å². The molecule has 0 atom stereocenters. The summed E-state index contributed by atoms with van der Waals surface area (Å²) in [5, 5.41) is 0. The molecule has 0 saturated carbocycles. The highest BCUT2D eigenvalue weighted by Crippen LogP contribution is 2.38. The maximum Gasteiger partial charge on any atom is 0.269 e. The summed E-state index contributed by atoms with van der Waals surface area (Å²) in [6.45, 7) is 4.00. The van der Waals surface area contributed by atoms with E-state index in [-0.39, 0.29) is 22.9 Å². The molecule has 0 spiro atoms. The molecule has 0 radical (unpaired) electrons. The molecule has 2 aliphatic rings. The third-order valence-corrected chi connectivity index (χ3v) is 8.28. The van der Waals surface area contributed by atoms with Crippen LogP contribution in [0.25, 0.3) is 11.1 Å². The molecule has 6 aromatic rings. The minimum atomic E-state index is -0.430. The maximum absolute atomic E-state index is 13.3. The molecule has 8 nitrogen and oxygen atoms in total. The van der Waals surface area contributed by atoms with Crippen LogP contribution in [0.1, 0.15) is 55.3 Å². The Hall–Kier alpha value is -6.80. The van der Waals surface area contributed by atoms with Gasteiger partial charge in [-0.05, 0) is 83.9 Å². The Balaban J connectivity index is 0.00000193. The van der Waals surface area contributed by atoms with Crippen molar-refractivity contribution in [2.24, 2.45) is 0 Å². The second-order valence-corrected chi connectivity index (χ2v) is 11.2. The molecule has 0 N–H and O–H groups in total. The fraction of sp³-hybridized carbons (Fsp3) is 0.0476. The molecule has 6 aromatic carbocycles. The summed E-state index contributed by atoms with van der Waals surface area (Å²) in [6.07, 6.45) is 0. The van der Waals surface area contributed by atoms with Gasteiger partial charge in [0.25, 0.3) is 23.6 Å². The monoisotopic (exact) mass is 658 g/mol. The lowest BCUT2D eigenvalue weighted by Gasteiger charge is -2.14. The highest BCUT2D eigenvalue weighted by atomic mass is 16.5. The number of carbonyl (C=O) groups is 4. The fourth-order valence-electron chi connectivity index (χ4n) is 5.99. The average molecular weight is 659 g/mol. The van der Waals surface area contributed by atoms with Crippen LogP contribution in [0.5, 0.6) is 23.0 Å². The van der Waals surface area contributed by atoms with Crippen LogP contribution in [-0.4, -0.2) is 23.6 Å². The first kappa shape index (κ1) is 31.8. The number of anilines is 2. The van der Waals surface area contributed by atoms with Gasteiger partial charge in [-0.25, -0.2) is 9.80 Å². The number of carbonyl (C=O) groups excluding carboxylic acids is 4. The second kappa shape index (κ2) is 13.4. The molecule has 8 heteroatoms. The lowest BCUT2D eigenvalue weighted by Crippen LogP contribution is -2.29. The van der Waals surface area contributed by atoms with Crippen LogP contribution in [0.3, 0.4) is 0 Å². The third kappa shape index (κ3) is 5.58. The predicted octanol–water partition coefficient (Wildman–Crippen LogP) is 9.57. The van der Waals surface area contributed by atoms with Crippen molar-refractivity contribution in [2.75, 3.05) is 9.80 Å². The van der Waals surface area contributed by atoms with Crippen LogP contribution in [0, 0.1) is 0 Å². The highest BCUT2D eigenvalue weighted by molar-refractivity contribution is 6.36. The molecule has 244 valence electrons. The van der Waals surface area contributed by atoms with Crippen LogP contribution < -0.4 is 19.3 Å². The Bertz CT molecular complexity index is 2090. The third-order valence-electron chi connectivity index (χ3n) is 8.28. The van der Waals surface area contributed by atoms with Gasteiger partial charge >= 0.3 is 0 Å². The number of fused-ring (bicyclic) bond motifs is 2. The van der Waals surface area contributed by atoms with Crippen molar-refractivity contribution in [2.45, 2.75) is 13.8 Å². The van der Waals surface area contributed by atoms with Gasteiger partial charge in [-0.2, -0.15) is 0 Å². The van der Waals surface area contributed by atoms with Gasteiger partial charge in [-0.1, -0.05) is 86.6 Å². The number of amides is 4. The zero-order chi connectivity index (χ0) is 34.8. The highest BCUT2D eigenvalue weighted by Gasteiger charge is 2.40. The number of benzene rings is 6. The summed E-state index contributed by atoms with van der Waals surface area (Å²) in [5.74, 6) is -0.0163. The van der Waals surface area contributed by atoms with Gasteiger partial charge in [0.05, 0.1) is 33.6 Å². The second-order valence-electron chi connectivity index (χ2n) is 11.2. The number of para-hydroxylation sites is 2. The average Bonchev–Trinajstić information content (AvgIpc) is 3.58. The van der Waals surface area contributed by atoms with Gasteiger partial charge in [-0.15, -0.1) is 0 Å². The van der Waals surface area contributed by atoms with E-state index in [1.54, 1.807) is 109 Å². The fourth-order valence-corrected chi connectivity index (χ4v) is 5.99. The van der Waals surface area contributed by atoms with Gasteiger partial charge in [0.2, 0.25) is 0 Å². The summed E-state index contributed by atoms with van der Waals surface area (Å²) in [7, 11) is 0. The SMILES string of the molecule is CC.O=C1c2cccc(Oc3ccc(-c4ccc(Oc5cccc6c5C(=O)N(c5ccccc5)C6=O)cc4)cc3)c2C(=O)N1c1ccccc1. The smallest absolute Gasteiger partial charge is 0.269 e. The van der Waals surface area contributed by atoms with E-state index in [9.17, 15) is 19.2 Å². The summed E-state index contributed by atoms with van der Waals surface area (Å²) < 4.78 is 12.2. The Labute approximate surface area is 288 Å². The van der Waals surface area contributed by atoms with E-state index in [4.69, 9.17) is 9.47 Å². The lowest BCUT2D eigenvalue weighted by molar-refractivity contribution is 0.0909. The number of hydrogen-bond acceptors (Lipinski definition) is 6. The van der Waals surface area contributed by atoms with Gasteiger partial charge in [0.15, 0.2) is 0 Å². The first-order valence-corrected chi connectivity index (χ1v) is 16.2. The zero-order valence-electron chi connectivity index (χ0n) is 27.2. The summed E-state index contributed by atoms with van der Waals surface area (Å²) in [4.78, 5) is 55.2. The van der Waals surface area contributed by atoms with E-state index in [1.807, 2.05) is 50.2 Å². The number of hydrogen-bond donors (Lipinski definition) is 0. The van der Waals surface area contributed by atoms with Crippen LogP contribution in [-0.2, 0) is 0 Å². The van der Waals surface area contributed by atoms with Crippen molar-refractivity contribution in [3.8, 4) is 34.1 Å². The van der Waals surface area contributed by atoms with E-state index in [0.717, 1.165) is 20.9 Å². The van der Waals surface area contributed by atoms with Crippen LogP contribution in [0.4, 0.5) is 11.4 Å². The molecule has 0 fully saturated rings. The van der Waals surface area contributed by atoms with Crippen molar-refractivity contribution >= 4 is 35.0 Å². The van der Waals surface area contributed by atoms with E-state index >= 15 is 0 Å². The molecule has 0 bridgehead atoms. The summed E-state index contributed by atoms with van der Waals surface area (Å²) in [6, 6.07) is 42.4. The number of imide groups is 2. The molecule has 0 aromatic heterocycles. The predicted molar refractivity (Wildman–Crippen MR) is 191 cm³/mol. The largest absolute Gasteiger partial charge is 0.457 e. The minimum absolute atomic E-state index is 0.230. The van der Waals surface area contributed by atoms with E-state index in [1.165, 1.54) is 0 Å². The number of nitrogens with zero attached hydrogens (tertiary/aromatic N) is 2. The van der Waals surface area contributed by atoms with Crippen molar-refractivity contribution < 1.29 is 28.7 Å².